The summed E-state index contributed by atoms with van der Waals surface area (Å²) in [5, 5.41) is 0. The highest BCUT2D eigenvalue weighted by molar-refractivity contribution is 5.95. The maximum atomic E-state index is 12.9. The number of carbonyl (C=O) groups excluding carboxylic acids is 2. The lowest BCUT2D eigenvalue weighted by molar-refractivity contribution is -0.142. The first-order chi connectivity index (χ1) is 12.6. The zero-order valence-corrected chi connectivity index (χ0v) is 15.8. The Morgan fingerprint density at radius 3 is 2.42 bits per heavy atom. The molecule has 3 rings (SSSR count). The van der Waals surface area contributed by atoms with Crippen molar-refractivity contribution in [1.29, 1.82) is 0 Å². The molecule has 0 bridgehead atoms. The molecule has 0 N–H and O–H groups in total. The van der Waals surface area contributed by atoms with Gasteiger partial charge in [-0.2, -0.15) is 0 Å². The van der Waals surface area contributed by atoms with Crippen molar-refractivity contribution in [3.8, 4) is 0 Å². The third-order valence-corrected chi connectivity index (χ3v) is 5.07. The van der Waals surface area contributed by atoms with Crippen LogP contribution in [0.5, 0.6) is 0 Å². The van der Waals surface area contributed by atoms with Crippen LogP contribution in [-0.2, 0) is 14.3 Å². The molecule has 0 radical (unpaired) electrons. The quantitative estimate of drug-likeness (QED) is 0.804. The van der Waals surface area contributed by atoms with E-state index in [4.69, 9.17) is 4.74 Å². The van der Waals surface area contributed by atoms with Crippen molar-refractivity contribution in [2.45, 2.75) is 38.8 Å². The third kappa shape index (κ3) is 4.43. The molecule has 2 amide bonds. The molecule has 1 aromatic carbocycles. The molecular weight excluding hydrogens is 330 g/mol. The Bertz CT molecular complexity index is 606. The number of amides is 2. The normalized spacial score (nSPS) is 21.2. The van der Waals surface area contributed by atoms with Crippen LogP contribution in [-0.4, -0.2) is 73.1 Å². The first-order valence-corrected chi connectivity index (χ1v) is 9.56. The second-order valence-corrected chi connectivity index (χ2v) is 7.30. The van der Waals surface area contributed by atoms with Crippen LogP contribution in [0.2, 0.25) is 0 Å². The Kier molecular flexibility index (Phi) is 6.27. The molecule has 0 aliphatic carbocycles. The number of piperazine rings is 1. The topological polar surface area (TPSA) is 53.1 Å². The van der Waals surface area contributed by atoms with E-state index in [-0.39, 0.29) is 24.0 Å². The summed E-state index contributed by atoms with van der Waals surface area (Å²) in [7, 11) is 0. The van der Waals surface area contributed by atoms with Crippen molar-refractivity contribution in [1.82, 2.24) is 9.80 Å². The van der Waals surface area contributed by atoms with Crippen molar-refractivity contribution in [3.05, 3.63) is 30.3 Å². The predicted molar refractivity (Wildman–Crippen MR) is 101 cm³/mol. The molecule has 2 heterocycles. The highest BCUT2D eigenvalue weighted by Crippen LogP contribution is 2.18. The fourth-order valence-corrected chi connectivity index (χ4v) is 3.69. The monoisotopic (exact) mass is 359 g/mol. The van der Waals surface area contributed by atoms with Gasteiger partial charge in [0.2, 0.25) is 5.91 Å². The summed E-state index contributed by atoms with van der Waals surface area (Å²) in [6, 6.07) is 9.90. The Morgan fingerprint density at radius 2 is 1.85 bits per heavy atom. The van der Waals surface area contributed by atoms with E-state index in [1.807, 2.05) is 54.0 Å². The van der Waals surface area contributed by atoms with Crippen molar-refractivity contribution < 1.29 is 14.3 Å². The highest BCUT2D eigenvalue weighted by Gasteiger charge is 2.31. The van der Waals surface area contributed by atoms with Crippen molar-refractivity contribution in [2.24, 2.45) is 0 Å². The summed E-state index contributed by atoms with van der Waals surface area (Å²) in [4.78, 5) is 31.2. The molecule has 26 heavy (non-hydrogen) atoms. The number of rotatable bonds is 5. The van der Waals surface area contributed by atoms with Gasteiger partial charge in [-0.15, -0.1) is 0 Å². The zero-order chi connectivity index (χ0) is 18.5. The summed E-state index contributed by atoms with van der Waals surface area (Å²) >= 11 is 0. The number of ether oxygens (including phenoxy) is 1. The highest BCUT2D eigenvalue weighted by atomic mass is 16.5. The van der Waals surface area contributed by atoms with E-state index in [9.17, 15) is 9.59 Å². The van der Waals surface area contributed by atoms with Gasteiger partial charge >= 0.3 is 0 Å². The lowest BCUT2D eigenvalue weighted by Gasteiger charge is -2.36. The van der Waals surface area contributed by atoms with Crippen LogP contribution < -0.4 is 4.90 Å². The van der Waals surface area contributed by atoms with E-state index in [1.54, 1.807) is 0 Å². The minimum Gasteiger partial charge on any atom is -0.368 e. The standard InChI is InChI=1S/C20H29N3O3/c1-16(2)23(17-7-4-3-5-8-17)19(24)15-21-10-12-22(13-11-21)20(25)18-9-6-14-26-18/h3-5,7-8,16,18H,6,9-15H2,1-2H3. The molecule has 2 aliphatic rings. The molecule has 6 heteroatoms. The largest absolute Gasteiger partial charge is 0.368 e. The number of nitrogens with zero attached hydrogens (tertiary/aromatic N) is 3. The molecule has 1 aromatic rings. The SMILES string of the molecule is CC(C)N(C(=O)CN1CCN(C(=O)C2CCCO2)CC1)c1ccccc1. The number of benzene rings is 1. The average Bonchev–Trinajstić information content (AvgIpc) is 3.17. The maximum absolute atomic E-state index is 12.9. The summed E-state index contributed by atoms with van der Waals surface area (Å²) in [5.41, 5.74) is 0.930. The Morgan fingerprint density at radius 1 is 1.15 bits per heavy atom. The second kappa shape index (κ2) is 8.64. The molecule has 6 nitrogen and oxygen atoms in total. The number of hydrogen-bond donors (Lipinski definition) is 0. The van der Waals surface area contributed by atoms with Gasteiger partial charge in [-0.1, -0.05) is 18.2 Å². The summed E-state index contributed by atoms with van der Waals surface area (Å²) < 4.78 is 5.50. The van der Waals surface area contributed by atoms with Gasteiger partial charge in [0, 0.05) is 44.5 Å². The number of hydrogen-bond acceptors (Lipinski definition) is 4. The molecule has 2 saturated heterocycles. The van der Waals surface area contributed by atoms with E-state index in [0.717, 1.165) is 31.6 Å². The average molecular weight is 359 g/mol. The fraction of sp³-hybridized carbons (Fsp3) is 0.600. The van der Waals surface area contributed by atoms with E-state index in [2.05, 4.69) is 4.90 Å². The molecule has 1 atom stereocenters. The van der Waals surface area contributed by atoms with Crippen LogP contribution in [0.1, 0.15) is 26.7 Å². The smallest absolute Gasteiger partial charge is 0.251 e. The van der Waals surface area contributed by atoms with Gasteiger partial charge in [0.05, 0.1) is 6.54 Å². The van der Waals surface area contributed by atoms with Gasteiger partial charge in [-0.25, -0.2) is 0 Å². The van der Waals surface area contributed by atoms with E-state index < -0.39 is 0 Å². The minimum absolute atomic E-state index is 0.102. The maximum Gasteiger partial charge on any atom is 0.251 e. The molecule has 142 valence electrons. The van der Waals surface area contributed by atoms with Crippen LogP contribution in [0.25, 0.3) is 0 Å². The first-order valence-electron chi connectivity index (χ1n) is 9.56. The van der Waals surface area contributed by atoms with Crippen LogP contribution >= 0.6 is 0 Å². The number of para-hydroxylation sites is 1. The zero-order valence-electron chi connectivity index (χ0n) is 15.8. The minimum atomic E-state index is -0.252. The second-order valence-electron chi connectivity index (χ2n) is 7.30. The van der Waals surface area contributed by atoms with E-state index in [0.29, 0.717) is 26.2 Å². The lowest BCUT2D eigenvalue weighted by Crippen LogP contribution is -2.54. The Hall–Kier alpha value is -1.92. The van der Waals surface area contributed by atoms with Gasteiger partial charge in [-0.3, -0.25) is 14.5 Å². The molecule has 2 fully saturated rings. The van der Waals surface area contributed by atoms with Crippen molar-refractivity contribution in [3.63, 3.8) is 0 Å². The van der Waals surface area contributed by atoms with Crippen LogP contribution in [0.4, 0.5) is 5.69 Å². The van der Waals surface area contributed by atoms with Gasteiger partial charge in [0.25, 0.3) is 5.91 Å². The van der Waals surface area contributed by atoms with Crippen molar-refractivity contribution >= 4 is 17.5 Å². The summed E-state index contributed by atoms with van der Waals surface area (Å²) in [6.07, 6.45) is 1.55. The van der Waals surface area contributed by atoms with Crippen LogP contribution in [0.15, 0.2) is 30.3 Å². The molecular formula is C20H29N3O3. The van der Waals surface area contributed by atoms with Gasteiger partial charge in [-0.05, 0) is 38.8 Å². The van der Waals surface area contributed by atoms with E-state index in [1.165, 1.54) is 0 Å². The Balaban J connectivity index is 1.53. The molecule has 2 aliphatic heterocycles. The van der Waals surface area contributed by atoms with Crippen molar-refractivity contribution in [2.75, 3.05) is 44.2 Å². The van der Waals surface area contributed by atoms with Gasteiger partial charge < -0.3 is 14.5 Å². The van der Waals surface area contributed by atoms with Gasteiger partial charge in [0.15, 0.2) is 0 Å². The molecule has 1 unspecified atom stereocenters. The fourth-order valence-electron chi connectivity index (χ4n) is 3.69. The third-order valence-electron chi connectivity index (χ3n) is 5.07. The molecule has 0 aromatic heterocycles. The predicted octanol–water partition coefficient (Wildman–Crippen LogP) is 1.75. The summed E-state index contributed by atoms with van der Waals surface area (Å²) in [6.45, 7) is 7.92. The Labute approximate surface area is 155 Å². The van der Waals surface area contributed by atoms with E-state index >= 15 is 0 Å². The molecule has 0 spiro atoms. The number of anilines is 1. The van der Waals surface area contributed by atoms with Gasteiger partial charge in [0.1, 0.15) is 6.10 Å². The number of carbonyl (C=O) groups is 2. The summed E-state index contributed by atoms with van der Waals surface area (Å²) in [5.74, 6) is 0.215. The van der Waals surface area contributed by atoms with Crippen LogP contribution in [0.3, 0.4) is 0 Å². The van der Waals surface area contributed by atoms with Crippen LogP contribution in [0, 0.1) is 0 Å². The lowest BCUT2D eigenvalue weighted by atomic mass is 10.2. The molecule has 0 saturated carbocycles. The first kappa shape index (κ1) is 18.9.